The van der Waals surface area contributed by atoms with Crippen LogP contribution in [-0.4, -0.2) is 13.2 Å². The first-order valence-corrected chi connectivity index (χ1v) is 8.96. The molecule has 0 aliphatic heterocycles. The zero-order chi connectivity index (χ0) is 17.6. The second kappa shape index (κ2) is 8.34. The third kappa shape index (κ3) is 5.10. The lowest BCUT2D eigenvalue weighted by atomic mass is 9.84. The van der Waals surface area contributed by atoms with Gasteiger partial charge in [-0.2, -0.15) is 0 Å². The van der Waals surface area contributed by atoms with E-state index in [-0.39, 0.29) is 5.41 Å². The molecule has 0 fully saturated rings. The fourth-order valence-corrected chi connectivity index (χ4v) is 2.86. The van der Waals surface area contributed by atoms with Gasteiger partial charge < -0.3 is 10.5 Å². The van der Waals surface area contributed by atoms with Gasteiger partial charge in [0.2, 0.25) is 0 Å². The molecule has 0 heterocycles. The van der Waals surface area contributed by atoms with Crippen molar-refractivity contribution in [1.82, 2.24) is 0 Å². The summed E-state index contributed by atoms with van der Waals surface area (Å²) in [5.41, 5.74) is 10.2. The quantitative estimate of drug-likeness (QED) is 0.772. The second-order valence-corrected chi connectivity index (χ2v) is 7.50. The molecule has 0 spiro atoms. The average Bonchev–Trinajstić information content (AvgIpc) is 2.57. The molecule has 0 aliphatic rings. The van der Waals surface area contributed by atoms with E-state index in [1.165, 1.54) is 16.7 Å². The maximum absolute atomic E-state index is 6.06. The molecule has 2 N–H and O–H groups in total. The van der Waals surface area contributed by atoms with Gasteiger partial charge in [-0.05, 0) is 53.6 Å². The van der Waals surface area contributed by atoms with Gasteiger partial charge in [0.05, 0.1) is 6.61 Å². The molecule has 0 amide bonds. The smallest absolute Gasteiger partial charge is 0.119 e. The van der Waals surface area contributed by atoms with Crippen LogP contribution in [-0.2, 0) is 11.8 Å². The fraction of sp³-hybridized carbons (Fsp3) is 0.455. The van der Waals surface area contributed by atoms with Crippen molar-refractivity contribution in [2.45, 2.75) is 51.9 Å². The summed E-state index contributed by atoms with van der Waals surface area (Å²) in [6.45, 7) is 10.3. The SMILES string of the molecule is CCCOc1cccc(CC(CN)c2ccc(C(C)(C)C)cc2)c1. The van der Waals surface area contributed by atoms with E-state index in [0.29, 0.717) is 12.5 Å². The van der Waals surface area contributed by atoms with Crippen molar-refractivity contribution in [1.29, 1.82) is 0 Å². The molecule has 0 aliphatic carbocycles. The Bertz CT molecular complexity index is 625. The molecular weight excluding hydrogens is 294 g/mol. The molecule has 0 bridgehead atoms. The van der Waals surface area contributed by atoms with Crippen molar-refractivity contribution < 1.29 is 4.74 Å². The molecule has 2 nitrogen and oxygen atoms in total. The Hall–Kier alpha value is -1.80. The first-order valence-electron chi connectivity index (χ1n) is 8.96. The number of nitrogens with two attached hydrogens (primary N) is 1. The number of rotatable bonds is 7. The van der Waals surface area contributed by atoms with Crippen molar-refractivity contribution in [3.8, 4) is 5.75 Å². The van der Waals surface area contributed by atoms with E-state index in [9.17, 15) is 0 Å². The molecule has 0 radical (unpaired) electrons. The van der Waals surface area contributed by atoms with Gasteiger partial charge in [0.25, 0.3) is 0 Å². The molecule has 2 rings (SSSR count). The van der Waals surface area contributed by atoms with Gasteiger partial charge in [-0.25, -0.2) is 0 Å². The van der Waals surface area contributed by atoms with E-state index in [4.69, 9.17) is 10.5 Å². The summed E-state index contributed by atoms with van der Waals surface area (Å²) in [7, 11) is 0. The van der Waals surface area contributed by atoms with E-state index in [1.807, 2.05) is 6.07 Å². The number of hydrogen-bond acceptors (Lipinski definition) is 2. The predicted molar refractivity (Wildman–Crippen MR) is 103 cm³/mol. The Labute approximate surface area is 147 Å². The molecule has 2 aromatic carbocycles. The van der Waals surface area contributed by atoms with Gasteiger partial charge in [-0.1, -0.05) is 64.1 Å². The lowest BCUT2D eigenvalue weighted by molar-refractivity contribution is 0.317. The van der Waals surface area contributed by atoms with Gasteiger partial charge in [-0.3, -0.25) is 0 Å². The highest BCUT2D eigenvalue weighted by Crippen LogP contribution is 2.26. The molecular formula is C22H31NO. The Kier molecular flexibility index (Phi) is 6.44. The Balaban J connectivity index is 2.11. The largest absolute Gasteiger partial charge is 0.494 e. The van der Waals surface area contributed by atoms with Gasteiger partial charge in [-0.15, -0.1) is 0 Å². The highest BCUT2D eigenvalue weighted by molar-refractivity contribution is 5.33. The summed E-state index contributed by atoms with van der Waals surface area (Å²) in [4.78, 5) is 0. The lowest BCUT2D eigenvalue weighted by Gasteiger charge is -2.21. The third-order valence-corrected chi connectivity index (χ3v) is 4.39. The standard InChI is InChI=1S/C22H31NO/c1-5-13-24-21-8-6-7-17(15-21)14-19(16-23)18-9-11-20(12-10-18)22(2,3)4/h6-12,15,19H,5,13-14,16,23H2,1-4H3. The van der Waals surface area contributed by atoms with Gasteiger partial charge in [0.15, 0.2) is 0 Å². The summed E-state index contributed by atoms with van der Waals surface area (Å²) in [6.07, 6.45) is 1.96. The number of hydrogen-bond donors (Lipinski definition) is 1. The number of benzene rings is 2. The Morgan fingerprint density at radius 2 is 1.75 bits per heavy atom. The highest BCUT2D eigenvalue weighted by Gasteiger charge is 2.15. The summed E-state index contributed by atoms with van der Waals surface area (Å²) in [5.74, 6) is 1.29. The van der Waals surface area contributed by atoms with Gasteiger partial charge >= 0.3 is 0 Å². The topological polar surface area (TPSA) is 35.2 Å². The molecule has 1 atom stereocenters. The van der Waals surface area contributed by atoms with Crippen LogP contribution in [0.5, 0.6) is 5.75 Å². The molecule has 2 heteroatoms. The van der Waals surface area contributed by atoms with Gasteiger partial charge in [0.1, 0.15) is 5.75 Å². The summed E-state index contributed by atoms with van der Waals surface area (Å²) in [5, 5.41) is 0. The van der Waals surface area contributed by atoms with Crippen molar-refractivity contribution >= 4 is 0 Å². The second-order valence-electron chi connectivity index (χ2n) is 7.50. The maximum atomic E-state index is 6.06. The minimum absolute atomic E-state index is 0.182. The number of ether oxygens (including phenoxy) is 1. The van der Waals surface area contributed by atoms with Crippen LogP contribution >= 0.6 is 0 Å². The molecule has 24 heavy (non-hydrogen) atoms. The van der Waals surface area contributed by atoms with Crippen LogP contribution in [0.25, 0.3) is 0 Å². The Morgan fingerprint density at radius 1 is 1.04 bits per heavy atom. The fourth-order valence-electron chi connectivity index (χ4n) is 2.86. The molecule has 0 saturated heterocycles. The first-order chi connectivity index (χ1) is 11.4. The molecule has 0 saturated carbocycles. The first kappa shape index (κ1) is 18.5. The van der Waals surface area contributed by atoms with Crippen LogP contribution in [0.15, 0.2) is 48.5 Å². The van der Waals surface area contributed by atoms with E-state index in [1.54, 1.807) is 0 Å². The van der Waals surface area contributed by atoms with E-state index in [2.05, 4.69) is 70.2 Å². The summed E-state index contributed by atoms with van der Waals surface area (Å²) >= 11 is 0. The van der Waals surface area contributed by atoms with E-state index < -0.39 is 0 Å². The monoisotopic (exact) mass is 325 g/mol. The van der Waals surface area contributed by atoms with Crippen LogP contribution in [0.3, 0.4) is 0 Å². The molecule has 2 aromatic rings. The van der Waals surface area contributed by atoms with E-state index >= 15 is 0 Å². The average molecular weight is 325 g/mol. The molecule has 130 valence electrons. The van der Waals surface area contributed by atoms with Crippen LogP contribution in [0, 0.1) is 0 Å². The lowest BCUT2D eigenvalue weighted by Crippen LogP contribution is -2.16. The minimum Gasteiger partial charge on any atom is -0.494 e. The van der Waals surface area contributed by atoms with Crippen molar-refractivity contribution in [2.24, 2.45) is 5.73 Å². The summed E-state index contributed by atoms with van der Waals surface area (Å²) < 4.78 is 5.74. The third-order valence-electron chi connectivity index (χ3n) is 4.39. The van der Waals surface area contributed by atoms with Crippen molar-refractivity contribution in [2.75, 3.05) is 13.2 Å². The van der Waals surface area contributed by atoms with E-state index in [0.717, 1.165) is 25.2 Å². The Morgan fingerprint density at radius 3 is 2.33 bits per heavy atom. The zero-order valence-electron chi connectivity index (χ0n) is 15.5. The van der Waals surface area contributed by atoms with Crippen molar-refractivity contribution in [3.05, 3.63) is 65.2 Å². The van der Waals surface area contributed by atoms with Crippen LogP contribution in [0.4, 0.5) is 0 Å². The van der Waals surface area contributed by atoms with Crippen molar-refractivity contribution in [3.63, 3.8) is 0 Å². The maximum Gasteiger partial charge on any atom is 0.119 e. The molecule has 0 aromatic heterocycles. The molecule has 1 unspecified atom stereocenters. The highest BCUT2D eigenvalue weighted by atomic mass is 16.5. The van der Waals surface area contributed by atoms with Crippen LogP contribution in [0.2, 0.25) is 0 Å². The van der Waals surface area contributed by atoms with Gasteiger partial charge in [0, 0.05) is 5.92 Å². The summed E-state index contributed by atoms with van der Waals surface area (Å²) in [6, 6.07) is 17.3. The van der Waals surface area contributed by atoms with Crippen LogP contribution in [0.1, 0.15) is 56.7 Å². The predicted octanol–water partition coefficient (Wildman–Crippen LogP) is 5.06. The van der Waals surface area contributed by atoms with Crippen LogP contribution < -0.4 is 10.5 Å². The zero-order valence-corrected chi connectivity index (χ0v) is 15.5. The normalized spacial score (nSPS) is 12.9. The minimum atomic E-state index is 0.182.